The van der Waals surface area contributed by atoms with Crippen molar-refractivity contribution in [2.45, 2.75) is 26.3 Å². The molecule has 0 amide bonds. The number of hydrogen-bond donors (Lipinski definition) is 2. The summed E-state index contributed by atoms with van der Waals surface area (Å²) in [6, 6.07) is 8.29. The van der Waals surface area contributed by atoms with Gasteiger partial charge >= 0.3 is 0 Å². The molecule has 126 valence electrons. The Labute approximate surface area is 149 Å². The van der Waals surface area contributed by atoms with Crippen LogP contribution in [0.25, 0.3) is 10.2 Å². The van der Waals surface area contributed by atoms with E-state index in [-0.39, 0.29) is 0 Å². The van der Waals surface area contributed by atoms with Crippen LogP contribution in [-0.4, -0.2) is 29.5 Å². The second kappa shape index (κ2) is 8.21. The van der Waals surface area contributed by atoms with Gasteiger partial charge in [0.05, 0.1) is 21.8 Å². The average molecular weight is 360 g/mol. The molecule has 2 N–H and O–H groups in total. The maximum atomic E-state index is 4.67. The van der Waals surface area contributed by atoms with Crippen LogP contribution in [0, 0.1) is 6.92 Å². The van der Waals surface area contributed by atoms with E-state index in [1.807, 2.05) is 12.3 Å². The van der Waals surface area contributed by atoms with Gasteiger partial charge in [0.15, 0.2) is 5.96 Å². The van der Waals surface area contributed by atoms with E-state index < -0.39 is 0 Å². The number of aryl methyl sites for hydroxylation is 2. The van der Waals surface area contributed by atoms with Gasteiger partial charge in [-0.2, -0.15) is 0 Å². The smallest absolute Gasteiger partial charge is 0.191 e. The van der Waals surface area contributed by atoms with Crippen molar-refractivity contribution in [3.05, 3.63) is 45.4 Å². The molecular weight excluding hydrogens is 338 g/mol. The molecule has 3 rings (SSSR count). The predicted molar refractivity (Wildman–Crippen MR) is 103 cm³/mol. The highest BCUT2D eigenvalue weighted by Crippen LogP contribution is 2.22. The molecule has 1 aromatic carbocycles. The van der Waals surface area contributed by atoms with Gasteiger partial charge in [-0.05, 0) is 25.5 Å². The van der Waals surface area contributed by atoms with E-state index in [9.17, 15) is 0 Å². The van der Waals surface area contributed by atoms with Crippen LogP contribution < -0.4 is 10.6 Å². The molecule has 5 nitrogen and oxygen atoms in total. The molecule has 2 heterocycles. The molecule has 0 aliphatic heterocycles. The van der Waals surface area contributed by atoms with Gasteiger partial charge in [-0.15, -0.1) is 22.7 Å². The number of aromatic nitrogens is 2. The van der Waals surface area contributed by atoms with Gasteiger partial charge in [0.1, 0.15) is 5.01 Å². The SMILES string of the molecule is CN=C(NCCCc1nc2ccccc2s1)NCc1ncc(C)s1. The number of thiazole rings is 2. The van der Waals surface area contributed by atoms with Crippen LogP contribution in [0.1, 0.15) is 21.3 Å². The monoisotopic (exact) mass is 359 g/mol. The van der Waals surface area contributed by atoms with E-state index in [1.54, 1.807) is 29.7 Å². The Morgan fingerprint density at radius 1 is 1.17 bits per heavy atom. The Kier molecular flexibility index (Phi) is 5.77. The highest BCUT2D eigenvalue weighted by atomic mass is 32.1. The van der Waals surface area contributed by atoms with E-state index >= 15 is 0 Å². The molecule has 7 heteroatoms. The predicted octanol–water partition coefficient (Wildman–Crippen LogP) is 3.36. The third-order valence-electron chi connectivity index (χ3n) is 3.50. The normalized spacial score (nSPS) is 11.8. The maximum Gasteiger partial charge on any atom is 0.191 e. The van der Waals surface area contributed by atoms with E-state index in [0.717, 1.165) is 35.9 Å². The van der Waals surface area contributed by atoms with Crippen LogP contribution in [0.2, 0.25) is 0 Å². The summed E-state index contributed by atoms with van der Waals surface area (Å²) in [6.07, 6.45) is 3.90. The minimum Gasteiger partial charge on any atom is -0.356 e. The van der Waals surface area contributed by atoms with Crippen molar-refractivity contribution in [1.82, 2.24) is 20.6 Å². The summed E-state index contributed by atoms with van der Waals surface area (Å²) in [7, 11) is 1.79. The lowest BCUT2D eigenvalue weighted by molar-refractivity contribution is 0.739. The Bertz CT molecular complexity index is 788. The number of hydrogen-bond acceptors (Lipinski definition) is 5. The Hall–Kier alpha value is -1.99. The molecular formula is C17H21N5S2. The van der Waals surface area contributed by atoms with Gasteiger partial charge in [-0.3, -0.25) is 4.99 Å². The van der Waals surface area contributed by atoms with Crippen LogP contribution in [0.15, 0.2) is 35.5 Å². The summed E-state index contributed by atoms with van der Waals surface area (Å²) in [5.41, 5.74) is 1.10. The molecule has 3 aromatic rings. The zero-order valence-electron chi connectivity index (χ0n) is 13.9. The standard InChI is InChI=1S/C17H21N5S2/c1-12-10-20-16(23-12)11-21-17(18-2)19-9-5-8-15-22-13-6-3-4-7-14(13)24-15/h3-4,6-7,10H,5,8-9,11H2,1-2H3,(H2,18,19,21). The van der Waals surface area contributed by atoms with Gasteiger partial charge in [0.2, 0.25) is 0 Å². The highest BCUT2D eigenvalue weighted by Gasteiger charge is 2.04. The quantitative estimate of drug-likeness (QED) is 0.402. The highest BCUT2D eigenvalue weighted by molar-refractivity contribution is 7.18. The lowest BCUT2D eigenvalue weighted by Gasteiger charge is -2.10. The fourth-order valence-corrected chi connectivity index (χ4v) is 4.07. The van der Waals surface area contributed by atoms with Crippen molar-refractivity contribution in [3.8, 4) is 0 Å². The first-order valence-corrected chi connectivity index (χ1v) is 9.58. The van der Waals surface area contributed by atoms with Gasteiger partial charge in [0.25, 0.3) is 0 Å². The molecule has 0 unspecified atom stereocenters. The first-order chi connectivity index (χ1) is 11.7. The minimum absolute atomic E-state index is 0.704. The molecule has 0 saturated heterocycles. The third-order valence-corrected chi connectivity index (χ3v) is 5.51. The van der Waals surface area contributed by atoms with Crippen LogP contribution in [0.3, 0.4) is 0 Å². The van der Waals surface area contributed by atoms with Crippen molar-refractivity contribution in [2.75, 3.05) is 13.6 Å². The summed E-state index contributed by atoms with van der Waals surface area (Å²) in [5.74, 6) is 0.812. The minimum atomic E-state index is 0.704. The van der Waals surface area contributed by atoms with Gasteiger partial charge in [-0.1, -0.05) is 12.1 Å². The van der Waals surface area contributed by atoms with Crippen LogP contribution in [0.5, 0.6) is 0 Å². The summed E-state index contributed by atoms with van der Waals surface area (Å²) < 4.78 is 1.26. The van der Waals surface area contributed by atoms with E-state index in [1.165, 1.54) is 14.6 Å². The van der Waals surface area contributed by atoms with Gasteiger partial charge in [-0.25, -0.2) is 9.97 Å². The number of para-hydroxylation sites is 1. The summed E-state index contributed by atoms with van der Waals surface area (Å²) >= 11 is 3.48. The zero-order valence-corrected chi connectivity index (χ0v) is 15.5. The fraction of sp³-hybridized carbons (Fsp3) is 0.353. The molecule has 0 radical (unpaired) electrons. The number of nitrogens with zero attached hydrogens (tertiary/aromatic N) is 3. The first-order valence-electron chi connectivity index (χ1n) is 7.95. The van der Waals surface area contributed by atoms with E-state index in [2.05, 4.69) is 50.7 Å². The number of nitrogens with one attached hydrogen (secondary N) is 2. The topological polar surface area (TPSA) is 62.2 Å². The number of aliphatic imine (C=N–C) groups is 1. The zero-order chi connectivity index (χ0) is 16.8. The van der Waals surface area contributed by atoms with Crippen LogP contribution in [-0.2, 0) is 13.0 Å². The van der Waals surface area contributed by atoms with Crippen LogP contribution >= 0.6 is 22.7 Å². The van der Waals surface area contributed by atoms with E-state index in [0.29, 0.717) is 6.54 Å². The second-order valence-corrected chi connectivity index (χ2v) is 7.83. The second-order valence-electron chi connectivity index (χ2n) is 5.40. The number of rotatable bonds is 6. The molecule has 0 fully saturated rings. The fourth-order valence-electron chi connectivity index (χ4n) is 2.34. The molecule has 0 aliphatic carbocycles. The molecule has 0 bridgehead atoms. The summed E-state index contributed by atoms with van der Waals surface area (Å²) in [4.78, 5) is 14.5. The number of fused-ring (bicyclic) bond motifs is 1. The molecule has 2 aromatic heterocycles. The van der Waals surface area contributed by atoms with Gasteiger partial charge in [0, 0.05) is 31.1 Å². The summed E-state index contributed by atoms with van der Waals surface area (Å²) in [6.45, 7) is 3.64. The lowest BCUT2D eigenvalue weighted by Crippen LogP contribution is -2.37. The Morgan fingerprint density at radius 2 is 2.04 bits per heavy atom. The molecule has 0 saturated carbocycles. The van der Waals surface area contributed by atoms with Crippen molar-refractivity contribution >= 4 is 38.8 Å². The van der Waals surface area contributed by atoms with Crippen molar-refractivity contribution in [3.63, 3.8) is 0 Å². The van der Waals surface area contributed by atoms with Gasteiger partial charge < -0.3 is 10.6 Å². The number of guanidine groups is 1. The number of benzene rings is 1. The first kappa shape index (κ1) is 16.9. The lowest BCUT2D eigenvalue weighted by atomic mass is 10.3. The Balaban J connectivity index is 1.41. The Morgan fingerprint density at radius 3 is 2.79 bits per heavy atom. The van der Waals surface area contributed by atoms with E-state index in [4.69, 9.17) is 0 Å². The van der Waals surface area contributed by atoms with Crippen molar-refractivity contribution < 1.29 is 0 Å². The maximum absolute atomic E-state index is 4.67. The molecule has 0 atom stereocenters. The van der Waals surface area contributed by atoms with Crippen LogP contribution in [0.4, 0.5) is 0 Å². The largest absolute Gasteiger partial charge is 0.356 e. The molecule has 0 aliphatic rings. The summed E-state index contributed by atoms with van der Waals surface area (Å²) in [5, 5.41) is 8.90. The average Bonchev–Trinajstić information content (AvgIpc) is 3.19. The van der Waals surface area contributed by atoms with Crippen molar-refractivity contribution in [2.24, 2.45) is 4.99 Å². The van der Waals surface area contributed by atoms with Crippen molar-refractivity contribution in [1.29, 1.82) is 0 Å². The molecule has 24 heavy (non-hydrogen) atoms. The molecule has 0 spiro atoms. The third kappa shape index (κ3) is 4.52.